The van der Waals surface area contributed by atoms with Crippen molar-refractivity contribution in [2.45, 2.75) is 129 Å². The molecule has 53 heavy (non-hydrogen) atoms. The predicted octanol–water partition coefficient (Wildman–Crippen LogP) is 10.2. The Bertz CT molecular complexity index is 1200. The Morgan fingerprint density at radius 3 is 1.55 bits per heavy atom. The van der Waals surface area contributed by atoms with Crippen molar-refractivity contribution >= 4 is 19.8 Å². The summed E-state index contributed by atoms with van der Waals surface area (Å²) in [6.07, 6.45) is 47.7. The molecule has 0 saturated carbocycles. The van der Waals surface area contributed by atoms with Gasteiger partial charge in [-0.3, -0.25) is 18.6 Å². The predicted molar refractivity (Wildman–Crippen MR) is 216 cm³/mol. The number of unbranched alkanes of at least 4 members (excludes halogenated alkanes) is 5. The number of carboxylic acid groups (broad SMARTS) is 1. The van der Waals surface area contributed by atoms with Gasteiger partial charge in [-0.1, -0.05) is 130 Å². The van der Waals surface area contributed by atoms with Crippen LogP contribution in [0.4, 0.5) is 0 Å². The number of aliphatic carboxylic acids is 1. The van der Waals surface area contributed by atoms with Gasteiger partial charge in [0, 0.05) is 6.42 Å². The van der Waals surface area contributed by atoms with Crippen molar-refractivity contribution in [3.8, 4) is 0 Å². The number of carboxylic acids is 1. The monoisotopic (exact) mass is 761 g/mol. The van der Waals surface area contributed by atoms with Crippen molar-refractivity contribution in [1.82, 2.24) is 0 Å². The molecule has 0 aliphatic heterocycles. The number of nitrogens with two attached hydrogens (primary N) is 1. The fourth-order valence-corrected chi connectivity index (χ4v) is 5.22. The average Bonchev–Trinajstić information content (AvgIpc) is 3.13. The van der Waals surface area contributed by atoms with E-state index in [-0.39, 0.29) is 13.0 Å². The van der Waals surface area contributed by atoms with Crippen molar-refractivity contribution in [3.05, 3.63) is 97.2 Å². The van der Waals surface area contributed by atoms with Crippen LogP contribution in [0.5, 0.6) is 0 Å². The Morgan fingerprint density at radius 1 is 0.604 bits per heavy atom. The number of phosphoric ester groups is 1. The van der Waals surface area contributed by atoms with E-state index in [2.05, 4.69) is 103 Å². The summed E-state index contributed by atoms with van der Waals surface area (Å²) in [6, 6.07) is -1.49. The van der Waals surface area contributed by atoms with Gasteiger partial charge in [-0.2, -0.15) is 0 Å². The number of hydrogen-bond donors (Lipinski definition) is 3. The van der Waals surface area contributed by atoms with Crippen LogP contribution in [-0.2, 0) is 32.7 Å². The molecule has 0 bridgehead atoms. The molecule has 0 aromatic heterocycles. The second kappa shape index (κ2) is 37.2. The fraction of sp³-hybridized carbons (Fsp3) is 0.571. The lowest BCUT2D eigenvalue weighted by Crippen LogP contribution is -2.34. The summed E-state index contributed by atoms with van der Waals surface area (Å²) in [7, 11) is -4.64. The SMILES string of the molecule is CC/C=C\C/C=C\C/C=C\C/C=C\C/C=C\CCOCC(COP(=O)(O)OCC(N)C(=O)O)OC(=O)CCCCCCC/C=C\C/C=C\C/C=C\CC. The highest BCUT2D eigenvalue weighted by molar-refractivity contribution is 7.47. The average molecular weight is 762 g/mol. The number of hydrogen-bond acceptors (Lipinski definition) is 8. The van der Waals surface area contributed by atoms with E-state index in [0.717, 1.165) is 83.5 Å². The van der Waals surface area contributed by atoms with Crippen molar-refractivity contribution in [2.24, 2.45) is 5.73 Å². The quantitative estimate of drug-likeness (QED) is 0.0246. The smallest absolute Gasteiger partial charge is 0.472 e. The number of phosphoric acid groups is 1. The van der Waals surface area contributed by atoms with Crippen molar-refractivity contribution in [1.29, 1.82) is 0 Å². The van der Waals surface area contributed by atoms with Crippen molar-refractivity contribution in [3.63, 3.8) is 0 Å². The molecule has 11 heteroatoms. The van der Waals surface area contributed by atoms with Gasteiger partial charge >= 0.3 is 19.8 Å². The fourth-order valence-electron chi connectivity index (χ4n) is 4.44. The van der Waals surface area contributed by atoms with Gasteiger partial charge in [-0.15, -0.1) is 0 Å². The van der Waals surface area contributed by atoms with Crippen LogP contribution in [-0.4, -0.2) is 60.5 Å². The van der Waals surface area contributed by atoms with Crippen LogP contribution in [0.3, 0.4) is 0 Å². The molecule has 0 aromatic rings. The minimum Gasteiger partial charge on any atom is -0.480 e. The molecule has 0 saturated heterocycles. The third kappa shape index (κ3) is 37.0. The van der Waals surface area contributed by atoms with Crippen LogP contribution < -0.4 is 5.73 Å². The molecule has 4 N–H and O–H groups in total. The zero-order valence-electron chi connectivity index (χ0n) is 32.3. The summed E-state index contributed by atoms with van der Waals surface area (Å²) < 4.78 is 33.1. The van der Waals surface area contributed by atoms with E-state index in [9.17, 15) is 19.0 Å². The molecule has 0 rings (SSSR count). The van der Waals surface area contributed by atoms with E-state index in [4.69, 9.17) is 24.8 Å². The highest BCUT2D eigenvalue weighted by Crippen LogP contribution is 2.43. The van der Waals surface area contributed by atoms with Gasteiger partial charge in [0.1, 0.15) is 12.1 Å². The first kappa shape index (κ1) is 49.9. The van der Waals surface area contributed by atoms with E-state index in [1.165, 1.54) is 0 Å². The van der Waals surface area contributed by atoms with Crippen LogP contribution in [0, 0.1) is 0 Å². The number of allylic oxidation sites excluding steroid dienone is 15. The van der Waals surface area contributed by atoms with Gasteiger partial charge in [0.15, 0.2) is 0 Å². The Hall–Kier alpha value is -3.11. The third-order valence-corrected chi connectivity index (χ3v) is 8.33. The van der Waals surface area contributed by atoms with Gasteiger partial charge < -0.3 is 25.2 Å². The summed E-state index contributed by atoms with van der Waals surface area (Å²) >= 11 is 0. The van der Waals surface area contributed by atoms with Gasteiger partial charge in [0.2, 0.25) is 0 Å². The molecule has 0 heterocycles. The number of carbonyl (C=O) groups is 2. The molecule has 0 aromatic carbocycles. The molecule has 3 unspecified atom stereocenters. The van der Waals surface area contributed by atoms with Crippen LogP contribution >= 0.6 is 7.82 Å². The van der Waals surface area contributed by atoms with Crippen LogP contribution in [0.2, 0.25) is 0 Å². The number of esters is 1. The Balaban J connectivity index is 4.49. The van der Waals surface area contributed by atoms with Gasteiger partial charge in [0.05, 0.1) is 26.4 Å². The first-order valence-electron chi connectivity index (χ1n) is 19.3. The van der Waals surface area contributed by atoms with E-state index >= 15 is 0 Å². The summed E-state index contributed by atoms with van der Waals surface area (Å²) in [6.45, 7) is 3.37. The van der Waals surface area contributed by atoms with E-state index < -0.39 is 45.1 Å². The molecular weight excluding hydrogens is 693 g/mol. The molecule has 10 nitrogen and oxygen atoms in total. The molecule has 0 aliphatic carbocycles. The Morgan fingerprint density at radius 2 is 1.04 bits per heavy atom. The molecule has 0 aliphatic rings. The summed E-state index contributed by atoms with van der Waals surface area (Å²) in [4.78, 5) is 33.4. The number of rotatable bonds is 35. The van der Waals surface area contributed by atoms with E-state index in [1.54, 1.807) is 0 Å². The summed E-state index contributed by atoms with van der Waals surface area (Å²) in [5.74, 6) is -1.84. The van der Waals surface area contributed by atoms with Gasteiger partial charge in [-0.05, 0) is 77.0 Å². The van der Waals surface area contributed by atoms with Crippen LogP contribution in [0.1, 0.15) is 117 Å². The van der Waals surface area contributed by atoms with Gasteiger partial charge in [-0.25, -0.2) is 4.57 Å². The molecule has 0 fully saturated rings. The van der Waals surface area contributed by atoms with Crippen LogP contribution in [0.15, 0.2) is 97.2 Å². The summed E-state index contributed by atoms with van der Waals surface area (Å²) in [5, 5.41) is 8.87. The maximum atomic E-state index is 12.6. The topological polar surface area (TPSA) is 155 Å². The molecular formula is C42H68NO9P. The number of ether oxygens (including phenoxy) is 2. The second-order valence-electron chi connectivity index (χ2n) is 12.3. The normalized spacial score (nSPS) is 15.1. The standard InChI is InChI=1S/C42H68NO9P/c1-3-5-7-9-11-13-15-17-19-21-23-25-27-29-31-33-35-49-36-39(37-50-53(47,48)51-38-40(43)42(45)46)52-41(44)34-32-30-28-26-24-22-20-18-16-14-12-10-8-6-4-2/h5-8,11-14,17-20,23,25,29,31,39-40H,3-4,9-10,15-16,21-22,24,26-28,30,32-38,43H2,1-2H3,(H,45,46)(H,47,48)/b7-5-,8-6-,13-11-,14-12-,19-17-,20-18-,25-23-,31-29-. The zero-order chi connectivity index (χ0) is 39.1. The third-order valence-electron chi connectivity index (χ3n) is 7.38. The van der Waals surface area contributed by atoms with E-state index in [0.29, 0.717) is 19.4 Å². The largest absolute Gasteiger partial charge is 0.480 e. The highest BCUT2D eigenvalue weighted by atomic mass is 31.2. The van der Waals surface area contributed by atoms with Crippen molar-refractivity contribution in [2.75, 3.05) is 26.4 Å². The Kier molecular flexibility index (Phi) is 35.0. The second-order valence-corrected chi connectivity index (χ2v) is 13.7. The molecule has 3 atom stereocenters. The lowest BCUT2D eigenvalue weighted by Gasteiger charge is -2.20. The lowest BCUT2D eigenvalue weighted by molar-refractivity contribution is -0.154. The molecule has 0 spiro atoms. The first-order valence-corrected chi connectivity index (χ1v) is 20.8. The van der Waals surface area contributed by atoms with Crippen LogP contribution in [0.25, 0.3) is 0 Å². The lowest BCUT2D eigenvalue weighted by atomic mass is 10.1. The zero-order valence-corrected chi connectivity index (χ0v) is 33.2. The number of carbonyl (C=O) groups excluding carboxylic acids is 1. The van der Waals surface area contributed by atoms with Crippen molar-refractivity contribution < 1.29 is 42.7 Å². The minimum atomic E-state index is -4.64. The summed E-state index contributed by atoms with van der Waals surface area (Å²) in [5.41, 5.74) is 5.33. The Labute approximate surface area is 319 Å². The van der Waals surface area contributed by atoms with Gasteiger partial charge in [0.25, 0.3) is 0 Å². The first-order chi connectivity index (χ1) is 25.7. The maximum Gasteiger partial charge on any atom is 0.472 e. The molecule has 0 amide bonds. The maximum absolute atomic E-state index is 12.6. The minimum absolute atomic E-state index is 0.0513. The highest BCUT2D eigenvalue weighted by Gasteiger charge is 2.27. The van der Waals surface area contributed by atoms with E-state index in [1.807, 2.05) is 12.2 Å². The molecule has 0 radical (unpaired) electrons. The molecule has 300 valence electrons.